The first-order valence-electron chi connectivity index (χ1n) is 6.09. The van der Waals surface area contributed by atoms with E-state index in [1.165, 1.54) is 0 Å². The fraction of sp³-hybridized carbons (Fsp3) is 0.462. The van der Waals surface area contributed by atoms with E-state index in [9.17, 15) is 13.2 Å². The number of nitrogens with two attached hydrogens (primary N) is 1. The van der Waals surface area contributed by atoms with Gasteiger partial charge in [-0.05, 0) is 37.1 Å². The minimum absolute atomic E-state index is 0.0237. The molecule has 2 rings (SSSR count). The van der Waals surface area contributed by atoms with Crippen molar-refractivity contribution in [3.8, 4) is 0 Å². The number of anilines is 1. The first-order valence-corrected chi connectivity index (χ1v) is 6.50. The lowest BCUT2D eigenvalue weighted by Crippen LogP contribution is -2.41. The monoisotopic (exact) mass is 288 g/mol. The van der Waals surface area contributed by atoms with E-state index in [-0.39, 0.29) is 13.0 Å². The van der Waals surface area contributed by atoms with Gasteiger partial charge in [0.05, 0.1) is 5.92 Å². The largest absolute Gasteiger partial charge is 0.393 e. The molecular formula is C13H15F3N2S. The van der Waals surface area contributed by atoms with E-state index in [1.54, 1.807) is 29.2 Å². The van der Waals surface area contributed by atoms with Crippen molar-refractivity contribution in [2.45, 2.75) is 19.0 Å². The molecule has 0 bridgehead atoms. The molecule has 1 fully saturated rings. The van der Waals surface area contributed by atoms with Gasteiger partial charge in [-0.3, -0.25) is 0 Å². The second-order valence-electron chi connectivity index (χ2n) is 4.74. The highest BCUT2D eigenvalue weighted by Crippen LogP contribution is 2.34. The first kappa shape index (κ1) is 14.1. The molecule has 19 heavy (non-hydrogen) atoms. The van der Waals surface area contributed by atoms with Gasteiger partial charge in [0.2, 0.25) is 0 Å². The van der Waals surface area contributed by atoms with Crippen molar-refractivity contribution in [2.24, 2.45) is 11.7 Å². The van der Waals surface area contributed by atoms with E-state index < -0.39 is 12.1 Å². The van der Waals surface area contributed by atoms with Gasteiger partial charge >= 0.3 is 6.18 Å². The molecule has 1 saturated heterocycles. The van der Waals surface area contributed by atoms with Gasteiger partial charge in [-0.25, -0.2) is 0 Å². The lowest BCUT2D eigenvalue weighted by Gasteiger charge is -2.35. The molecule has 0 spiro atoms. The highest BCUT2D eigenvalue weighted by Gasteiger charge is 2.41. The van der Waals surface area contributed by atoms with Gasteiger partial charge in [0.1, 0.15) is 4.99 Å². The predicted molar refractivity (Wildman–Crippen MR) is 73.3 cm³/mol. The van der Waals surface area contributed by atoms with E-state index in [2.05, 4.69) is 0 Å². The van der Waals surface area contributed by atoms with E-state index in [4.69, 9.17) is 18.0 Å². The van der Waals surface area contributed by atoms with Crippen LogP contribution in [0, 0.1) is 5.92 Å². The average molecular weight is 288 g/mol. The maximum absolute atomic E-state index is 12.7. The molecule has 0 aromatic heterocycles. The molecule has 1 unspecified atom stereocenters. The number of rotatable bonds is 2. The number of hydrogen-bond acceptors (Lipinski definition) is 2. The Bertz CT molecular complexity index is 456. The van der Waals surface area contributed by atoms with Crippen LogP contribution in [0.4, 0.5) is 18.9 Å². The fourth-order valence-electron chi connectivity index (χ4n) is 2.32. The van der Waals surface area contributed by atoms with Crippen LogP contribution >= 0.6 is 12.2 Å². The molecule has 0 aliphatic carbocycles. The summed E-state index contributed by atoms with van der Waals surface area (Å²) in [6.45, 7) is 0.676. The average Bonchev–Trinajstić information content (AvgIpc) is 2.38. The third-order valence-electron chi connectivity index (χ3n) is 3.40. The zero-order valence-electron chi connectivity index (χ0n) is 10.3. The number of alkyl halides is 3. The summed E-state index contributed by atoms with van der Waals surface area (Å²) in [7, 11) is 0. The second-order valence-corrected chi connectivity index (χ2v) is 5.18. The van der Waals surface area contributed by atoms with Crippen LogP contribution in [0.25, 0.3) is 0 Å². The standard InChI is InChI=1S/C13H15F3N2S/c14-13(15,16)10-2-1-7-18(8-10)11-5-3-9(4-6-11)12(17)19/h3-6,10H,1-2,7-8H2,(H2,17,19). The van der Waals surface area contributed by atoms with Crippen LogP contribution in [-0.4, -0.2) is 24.3 Å². The molecule has 0 saturated carbocycles. The van der Waals surface area contributed by atoms with Gasteiger partial charge in [-0.15, -0.1) is 0 Å². The van der Waals surface area contributed by atoms with Crippen molar-refractivity contribution in [2.75, 3.05) is 18.0 Å². The Labute approximate surface area is 115 Å². The maximum Gasteiger partial charge on any atom is 0.393 e. The highest BCUT2D eigenvalue weighted by molar-refractivity contribution is 7.80. The smallest absolute Gasteiger partial charge is 0.389 e. The summed E-state index contributed by atoms with van der Waals surface area (Å²) < 4.78 is 38.2. The number of nitrogens with zero attached hydrogens (tertiary/aromatic N) is 1. The number of benzene rings is 1. The minimum atomic E-state index is -4.11. The summed E-state index contributed by atoms with van der Waals surface area (Å²) in [4.78, 5) is 2.06. The third kappa shape index (κ3) is 3.37. The lowest BCUT2D eigenvalue weighted by molar-refractivity contribution is -0.175. The Hall–Kier alpha value is -1.30. The molecule has 2 nitrogen and oxygen atoms in total. The molecule has 1 aromatic carbocycles. The summed E-state index contributed by atoms with van der Waals surface area (Å²) >= 11 is 4.84. The molecule has 0 amide bonds. The normalized spacial score (nSPS) is 20.4. The summed E-state index contributed by atoms with van der Waals surface area (Å²) in [6.07, 6.45) is -3.34. The van der Waals surface area contributed by atoms with Crippen LogP contribution in [0.1, 0.15) is 18.4 Å². The van der Waals surface area contributed by atoms with Gasteiger partial charge in [-0.2, -0.15) is 13.2 Å². The summed E-state index contributed by atoms with van der Waals surface area (Å²) in [5.41, 5.74) is 7.00. The third-order valence-corrected chi connectivity index (χ3v) is 3.64. The zero-order chi connectivity index (χ0) is 14.0. The van der Waals surface area contributed by atoms with Gasteiger partial charge in [0, 0.05) is 24.3 Å². The fourth-order valence-corrected chi connectivity index (χ4v) is 2.45. The van der Waals surface area contributed by atoms with Gasteiger partial charge in [-0.1, -0.05) is 12.2 Å². The van der Waals surface area contributed by atoms with Crippen molar-refractivity contribution in [1.82, 2.24) is 0 Å². The van der Waals surface area contributed by atoms with Crippen molar-refractivity contribution in [1.29, 1.82) is 0 Å². The zero-order valence-corrected chi connectivity index (χ0v) is 11.1. The van der Waals surface area contributed by atoms with E-state index in [0.29, 0.717) is 18.0 Å². The SMILES string of the molecule is NC(=S)c1ccc(N2CCCC(C(F)(F)F)C2)cc1. The predicted octanol–water partition coefficient (Wildman–Crippen LogP) is 3.10. The second kappa shape index (κ2) is 5.36. The van der Waals surface area contributed by atoms with Crippen molar-refractivity contribution in [3.63, 3.8) is 0 Å². The molecule has 1 aliphatic rings. The van der Waals surface area contributed by atoms with Crippen molar-refractivity contribution in [3.05, 3.63) is 29.8 Å². The molecule has 1 aliphatic heterocycles. The molecule has 0 radical (unpaired) electrons. The highest BCUT2D eigenvalue weighted by atomic mass is 32.1. The molecule has 6 heteroatoms. The minimum Gasteiger partial charge on any atom is -0.389 e. The van der Waals surface area contributed by atoms with E-state index >= 15 is 0 Å². The number of halogens is 3. The Morgan fingerprint density at radius 1 is 1.26 bits per heavy atom. The van der Waals surface area contributed by atoms with Gasteiger partial charge in [0.25, 0.3) is 0 Å². The number of hydrogen-bond donors (Lipinski definition) is 1. The van der Waals surface area contributed by atoms with Crippen molar-refractivity contribution >= 4 is 22.9 Å². The number of thiocarbonyl (C=S) groups is 1. The van der Waals surface area contributed by atoms with Crippen LogP contribution in [0.2, 0.25) is 0 Å². The van der Waals surface area contributed by atoms with Crippen LogP contribution in [0.15, 0.2) is 24.3 Å². The Morgan fingerprint density at radius 2 is 1.89 bits per heavy atom. The Kier molecular flexibility index (Phi) is 3.99. The molecule has 2 N–H and O–H groups in total. The summed E-state index contributed by atoms with van der Waals surface area (Å²) in [6, 6.07) is 7.03. The quantitative estimate of drug-likeness (QED) is 0.848. The molecular weight excluding hydrogens is 273 g/mol. The Morgan fingerprint density at radius 3 is 2.42 bits per heavy atom. The van der Waals surface area contributed by atoms with E-state index in [1.807, 2.05) is 0 Å². The van der Waals surface area contributed by atoms with Crippen LogP contribution in [0.3, 0.4) is 0 Å². The number of piperidine rings is 1. The molecule has 1 atom stereocenters. The summed E-state index contributed by atoms with van der Waals surface area (Å²) in [5.74, 6) is -1.24. The molecule has 104 valence electrons. The van der Waals surface area contributed by atoms with Gasteiger partial charge < -0.3 is 10.6 Å². The van der Waals surface area contributed by atoms with Crippen LogP contribution in [-0.2, 0) is 0 Å². The molecule has 1 aromatic rings. The molecule has 1 heterocycles. The van der Waals surface area contributed by atoms with Crippen LogP contribution in [0.5, 0.6) is 0 Å². The van der Waals surface area contributed by atoms with E-state index in [0.717, 1.165) is 11.3 Å². The van der Waals surface area contributed by atoms with Crippen molar-refractivity contribution < 1.29 is 13.2 Å². The lowest BCUT2D eigenvalue weighted by atomic mass is 9.97. The summed E-state index contributed by atoms with van der Waals surface area (Å²) in [5, 5.41) is 0. The Balaban J connectivity index is 2.11. The van der Waals surface area contributed by atoms with Crippen LogP contribution < -0.4 is 10.6 Å². The first-order chi connectivity index (χ1) is 8.88. The maximum atomic E-state index is 12.7. The van der Waals surface area contributed by atoms with Gasteiger partial charge in [0.15, 0.2) is 0 Å². The topological polar surface area (TPSA) is 29.3 Å².